The molecule has 2 N–H and O–H groups in total. The summed E-state index contributed by atoms with van der Waals surface area (Å²) >= 11 is 0. The Balaban J connectivity index is 1.88. The van der Waals surface area contributed by atoms with Gasteiger partial charge in [-0.3, -0.25) is 4.79 Å². The van der Waals surface area contributed by atoms with Crippen LogP contribution < -0.4 is 5.32 Å². The molecule has 2 fully saturated rings. The number of piperidine rings is 1. The van der Waals surface area contributed by atoms with E-state index in [1.165, 1.54) is 32.1 Å². The number of rotatable bonds is 6. The van der Waals surface area contributed by atoms with Crippen LogP contribution in [0.5, 0.6) is 0 Å². The molecule has 2 rings (SSSR count). The first-order chi connectivity index (χ1) is 10.0. The highest BCUT2D eigenvalue weighted by atomic mass is 16.3. The molecule has 0 radical (unpaired) electrons. The molecule has 1 atom stereocenters. The van der Waals surface area contributed by atoms with E-state index in [2.05, 4.69) is 11.9 Å². The van der Waals surface area contributed by atoms with Gasteiger partial charge in [0, 0.05) is 26.2 Å². The van der Waals surface area contributed by atoms with E-state index < -0.39 is 5.60 Å². The van der Waals surface area contributed by atoms with Crippen molar-refractivity contribution in [3.8, 4) is 0 Å². The lowest BCUT2D eigenvalue weighted by molar-refractivity contribution is -0.157. The molecule has 120 valence electrons. The molecule has 0 spiro atoms. The van der Waals surface area contributed by atoms with Gasteiger partial charge in [-0.05, 0) is 38.5 Å². The van der Waals surface area contributed by atoms with Crippen molar-refractivity contribution in [1.29, 1.82) is 0 Å². The van der Waals surface area contributed by atoms with Gasteiger partial charge in [0.2, 0.25) is 0 Å². The van der Waals surface area contributed by atoms with Crippen molar-refractivity contribution >= 4 is 5.91 Å². The molecule has 1 heterocycles. The van der Waals surface area contributed by atoms with Crippen LogP contribution in [0.25, 0.3) is 0 Å². The van der Waals surface area contributed by atoms with E-state index in [4.69, 9.17) is 0 Å². The highest BCUT2D eigenvalue weighted by Crippen LogP contribution is 2.28. The van der Waals surface area contributed by atoms with Crippen LogP contribution in [0, 0.1) is 5.92 Å². The Morgan fingerprint density at radius 2 is 2.10 bits per heavy atom. The summed E-state index contributed by atoms with van der Waals surface area (Å²) in [6, 6.07) is 0. The normalized spacial score (nSPS) is 27.9. The van der Waals surface area contributed by atoms with Gasteiger partial charge in [-0.15, -0.1) is 0 Å². The topological polar surface area (TPSA) is 52.6 Å². The number of nitrogens with one attached hydrogen (secondary N) is 1. The number of carbonyl (C=O) groups is 1. The maximum absolute atomic E-state index is 12.6. The maximum atomic E-state index is 12.6. The van der Waals surface area contributed by atoms with E-state index in [-0.39, 0.29) is 5.91 Å². The summed E-state index contributed by atoms with van der Waals surface area (Å²) in [5.74, 6) is 0.557. The van der Waals surface area contributed by atoms with E-state index in [0.717, 1.165) is 25.1 Å². The predicted molar refractivity (Wildman–Crippen MR) is 85.0 cm³/mol. The number of hydrogen-bond donors (Lipinski definition) is 2. The second kappa shape index (κ2) is 7.41. The van der Waals surface area contributed by atoms with Gasteiger partial charge in [-0.25, -0.2) is 0 Å². The van der Waals surface area contributed by atoms with E-state index in [1.54, 1.807) is 0 Å². The van der Waals surface area contributed by atoms with Crippen molar-refractivity contribution in [2.24, 2.45) is 5.92 Å². The summed E-state index contributed by atoms with van der Waals surface area (Å²) in [7, 11) is 0. The van der Waals surface area contributed by atoms with Gasteiger partial charge in [0.1, 0.15) is 0 Å². The second-order valence-electron chi connectivity index (χ2n) is 6.95. The minimum atomic E-state index is -1.22. The molecule has 0 unspecified atom stereocenters. The first-order valence-electron chi connectivity index (χ1n) is 8.38. The summed E-state index contributed by atoms with van der Waals surface area (Å²) in [6.07, 6.45) is 7.83. The molecule has 0 aromatic rings. The molecule has 4 nitrogen and oxygen atoms in total. The number of hydrogen-bond acceptors (Lipinski definition) is 3. The largest absolute Gasteiger partial charge is 0.379 e. The Labute approximate surface area is 128 Å². The lowest BCUT2D eigenvalue weighted by Gasteiger charge is -2.40. The fraction of sp³-hybridized carbons (Fsp3) is 0.824. The third-order valence-electron chi connectivity index (χ3n) is 4.75. The Kier molecular flexibility index (Phi) is 5.82. The molecule has 0 aromatic carbocycles. The number of amides is 1. The van der Waals surface area contributed by atoms with Gasteiger partial charge in [-0.2, -0.15) is 0 Å². The van der Waals surface area contributed by atoms with E-state index in [9.17, 15) is 9.90 Å². The van der Waals surface area contributed by atoms with Crippen molar-refractivity contribution in [3.05, 3.63) is 12.2 Å². The highest BCUT2D eigenvalue weighted by Gasteiger charge is 2.42. The standard InChI is InChI=1S/C17H30N2O2/c1-14(2)11-18-13-17(21)9-6-10-19(16(17)20)12-15-7-4-3-5-8-15/h15,18,21H,1,3-13H2,2H3/t17-/m0/s1. The minimum Gasteiger partial charge on any atom is -0.379 e. The first kappa shape index (κ1) is 16.5. The van der Waals surface area contributed by atoms with Gasteiger partial charge in [0.05, 0.1) is 0 Å². The molecule has 2 aliphatic rings. The van der Waals surface area contributed by atoms with Crippen LogP contribution in [0.1, 0.15) is 51.9 Å². The smallest absolute Gasteiger partial charge is 0.255 e. The fourth-order valence-electron chi connectivity index (χ4n) is 3.57. The van der Waals surface area contributed by atoms with E-state index >= 15 is 0 Å². The Morgan fingerprint density at radius 1 is 1.38 bits per heavy atom. The quantitative estimate of drug-likeness (QED) is 0.738. The molecule has 1 saturated heterocycles. The monoisotopic (exact) mass is 294 g/mol. The molecular weight excluding hydrogens is 264 g/mol. The van der Waals surface area contributed by atoms with Crippen LogP contribution in [0.2, 0.25) is 0 Å². The number of likely N-dealkylation sites (tertiary alicyclic amines) is 1. The van der Waals surface area contributed by atoms with Gasteiger partial charge >= 0.3 is 0 Å². The molecule has 1 aliphatic carbocycles. The molecule has 1 amide bonds. The molecule has 1 aliphatic heterocycles. The van der Waals surface area contributed by atoms with Gasteiger partial charge < -0.3 is 15.3 Å². The van der Waals surface area contributed by atoms with Crippen molar-refractivity contribution < 1.29 is 9.90 Å². The molecule has 0 bridgehead atoms. The van der Waals surface area contributed by atoms with Crippen LogP contribution in [0.15, 0.2) is 12.2 Å². The van der Waals surface area contributed by atoms with Crippen LogP contribution in [0.3, 0.4) is 0 Å². The van der Waals surface area contributed by atoms with Crippen molar-refractivity contribution in [3.63, 3.8) is 0 Å². The van der Waals surface area contributed by atoms with Crippen molar-refractivity contribution in [2.45, 2.75) is 57.5 Å². The van der Waals surface area contributed by atoms with E-state index in [1.807, 2.05) is 11.8 Å². The zero-order chi connectivity index (χ0) is 15.3. The summed E-state index contributed by atoms with van der Waals surface area (Å²) < 4.78 is 0. The third-order valence-corrected chi connectivity index (χ3v) is 4.75. The minimum absolute atomic E-state index is 0.0754. The maximum Gasteiger partial charge on any atom is 0.255 e. The Hall–Kier alpha value is -0.870. The summed E-state index contributed by atoms with van der Waals surface area (Å²) in [4.78, 5) is 14.5. The third kappa shape index (κ3) is 4.55. The van der Waals surface area contributed by atoms with Crippen molar-refractivity contribution in [1.82, 2.24) is 10.2 Å². The SMILES string of the molecule is C=C(C)CNC[C@@]1(O)CCCN(CC2CCCCC2)C1=O. The Bertz CT molecular complexity index is 377. The predicted octanol–water partition coefficient (Wildman–Crippen LogP) is 2.09. The number of aliphatic hydroxyl groups is 1. The molecule has 1 saturated carbocycles. The van der Waals surface area contributed by atoms with Crippen molar-refractivity contribution in [2.75, 3.05) is 26.2 Å². The first-order valence-corrected chi connectivity index (χ1v) is 8.38. The number of nitrogens with zero attached hydrogens (tertiary/aromatic N) is 1. The lowest BCUT2D eigenvalue weighted by atomic mass is 9.86. The van der Waals surface area contributed by atoms with Crippen LogP contribution in [-0.2, 0) is 4.79 Å². The summed E-state index contributed by atoms with van der Waals surface area (Å²) in [6.45, 7) is 8.39. The second-order valence-corrected chi connectivity index (χ2v) is 6.95. The zero-order valence-electron chi connectivity index (χ0n) is 13.4. The van der Waals surface area contributed by atoms with Crippen LogP contribution in [-0.4, -0.2) is 47.7 Å². The summed E-state index contributed by atoms with van der Waals surface area (Å²) in [5, 5.41) is 13.8. The van der Waals surface area contributed by atoms with Gasteiger partial charge in [0.15, 0.2) is 5.60 Å². The summed E-state index contributed by atoms with van der Waals surface area (Å²) in [5.41, 5.74) is -0.205. The molecule has 4 heteroatoms. The van der Waals surface area contributed by atoms with Gasteiger partial charge in [0.25, 0.3) is 5.91 Å². The molecule has 21 heavy (non-hydrogen) atoms. The fourth-order valence-corrected chi connectivity index (χ4v) is 3.57. The Morgan fingerprint density at radius 3 is 2.76 bits per heavy atom. The van der Waals surface area contributed by atoms with Gasteiger partial charge in [-0.1, -0.05) is 31.4 Å². The molecular formula is C17H30N2O2. The number of carbonyl (C=O) groups excluding carboxylic acids is 1. The molecule has 0 aromatic heterocycles. The van der Waals surface area contributed by atoms with Crippen LogP contribution >= 0.6 is 0 Å². The average molecular weight is 294 g/mol. The van der Waals surface area contributed by atoms with Crippen LogP contribution in [0.4, 0.5) is 0 Å². The highest BCUT2D eigenvalue weighted by molar-refractivity contribution is 5.86. The lowest BCUT2D eigenvalue weighted by Crippen LogP contribution is -2.58. The average Bonchev–Trinajstić information content (AvgIpc) is 2.45. The van der Waals surface area contributed by atoms with E-state index in [0.29, 0.717) is 25.4 Å². The zero-order valence-corrected chi connectivity index (χ0v) is 13.4.